The number of benzene rings is 1. The lowest BCUT2D eigenvalue weighted by Gasteiger charge is -2.21. The van der Waals surface area contributed by atoms with Gasteiger partial charge in [0.1, 0.15) is 0 Å². The van der Waals surface area contributed by atoms with Gasteiger partial charge in [-0.05, 0) is 45.2 Å². The van der Waals surface area contributed by atoms with Gasteiger partial charge in [-0.2, -0.15) is 0 Å². The fraction of sp³-hybridized carbons (Fsp3) is 0.529. The van der Waals surface area contributed by atoms with Crippen molar-refractivity contribution in [1.29, 1.82) is 0 Å². The van der Waals surface area contributed by atoms with E-state index < -0.39 is 0 Å². The molecule has 0 amide bonds. The van der Waals surface area contributed by atoms with Crippen LogP contribution in [0.2, 0.25) is 0 Å². The smallest absolute Gasteiger partial charge is 0.0357 e. The van der Waals surface area contributed by atoms with Crippen molar-refractivity contribution >= 4 is 0 Å². The Morgan fingerprint density at radius 3 is 2.28 bits per heavy atom. The molecule has 1 heteroatoms. The second-order valence-electron chi connectivity index (χ2n) is 5.24. The van der Waals surface area contributed by atoms with Crippen LogP contribution in [0.1, 0.15) is 55.8 Å². The van der Waals surface area contributed by atoms with E-state index in [9.17, 15) is 0 Å². The summed E-state index contributed by atoms with van der Waals surface area (Å²) in [6.07, 6.45) is 3.27. The van der Waals surface area contributed by atoms with Crippen LogP contribution in [0, 0.1) is 13.8 Å². The van der Waals surface area contributed by atoms with E-state index in [1.807, 2.05) is 0 Å². The minimum Gasteiger partial charge on any atom is -0.310 e. The number of nitrogens with one attached hydrogen (secondary N) is 1. The van der Waals surface area contributed by atoms with Crippen LogP contribution in [0.4, 0.5) is 0 Å². The van der Waals surface area contributed by atoms with E-state index in [1.165, 1.54) is 28.7 Å². The Morgan fingerprint density at radius 1 is 1.17 bits per heavy atom. The van der Waals surface area contributed by atoms with Gasteiger partial charge in [0, 0.05) is 6.04 Å². The molecule has 0 aliphatic rings. The van der Waals surface area contributed by atoms with Crippen LogP contribution >= 0.6 is 0 Å². The van der Waals surface area contributed by atoms with Gasteiger partial charge in [0.05, 0.1) is 0 Å². The second kappa shape index (κ2) is 7.38. The Morgan fingerprint density at radius 2 is 1.78 bits per heavy atom. The first-order valence-corrected chi connectivity index (χ1v) is 7.05. The first kappa shape index (κ1) is 15.0. The maximum absolute atomic E-state index is 4.15. The molecule has 1 N–H and O–H groups in total. The van der Waals surface area contributed by atoms with Crippen LogP contribution in [0.3, 0.4) is 0 Å². The molecule has 18 heavy (non-hydrogen) atoms. The van der Waals surface area contributed by atoms with E-state index in [0.717, 1.165) is 19.4 Å². The highest BCUT2D eigenvalue weighted by atomic mass is 14.9. The normalized spacial score (nSPS) is 12.4. The highest BCUT2D eigenvalue weighted by Gasteiger charge is 2.12. The van der Waals surface area contributed by atoms with Crippen LogP contribution in [0.15, 0.2) is 30.4 Å². The monoisotopic (exact) mass is 245 g/mol. The Hall–Kier alpha value is -1.08. The maximum Gasteiger partial charge on any atom is 0.0357 e. The molecule has 0 spiro atoms. The molecule has 0 saturated heterocycles. The SMILES string of the molecule is C=C(CC)CC(NCCC)c1cc(C)cc(C)c1. The lowest BCUT2D eigenvalue weighted by molar-refractivity contribution is 0.523. The average molecular weight is 245 g/mol. The summed E-state index contributed by atoms with van der Waals surface area (Å²) in [6.45, 7) is 13.9. The van der Waals surface area contributed by atoms with E-state index in [4.69, 9.17) is 0 Å². The van der Waals surface area contributed by atoms with Gasteiger partial charge in [0.15, 0.2) is 0 Å². The van der Waals surface area contributed by atoms with Gasteiger partial charge in [-0.15, -0.1) is 0 Å². The minimum atomic E-state index is 0.413. The molecule has 0 aliphatic carbocycles. The van der Waals surface area contributed by atoms with Crippen molar-refractivity contribution in [3.63, 3.8) is 0 Å². The van der Waals surface area contributed by atoms with Gasteiger partial charge >= 0.3 is 0 Å². The highest BCUT2D eigenvalue weighted by molar-refractivity contribution is 5.31. The molecule has 1 atom stereocenters. The van der Waals surface area contributed by atoms with E-state index in [2.05, 4.69) is 57.8 Å². The average Bonchev–Trinajstić information content (AvgIpc) is 2.32. The molecule has 1 unspecified atom stereocenters. The van der Waals surface area contributed by atoms with Crippen LogP contribution in [0.5, 0.6) is 0 Å². The standard InChI is InChI=1S/C17H27N/c1-6-8-18-17(12-13(3)7-2)16-10-14(4)9-15(5)11-16/h9-11,17-18H,3,6-8,12H2,1-2,4-5H3. The van der Waals surface area contributed by atoms with Gasteiger partial charge in [0.25, 0.3) is 0 Å². The topological polar surface area (TPSA) is 12.0 Å². The van der Waals surface area contributed by atoms with Gasteiger partial charge in [-0.1, -0.05) is 55.3 Å². The van der Waals surface area contributed by atoms with E-state index in [1.54, 1.807) is 0 Å². The largest absolute Gasteiger partial charge is 0.310 e. The van der Waals surface area contributed by atoms with Crippen LogP contribution < -0.4 is 5.32 Å². The summed E-state index contributed by atoms with van der Waals surface area (Å²) >= 11 is 0. The molecule has 0 heterocycles. The second-order valence-corrected chi connectivity index (χ2v) is 5.24. The third-order valence-electron chi connectivity index (χ3n) is 3.28. The van der Waals surface area contributed by atoms with Crippen LogP contribution in [-0.2, 0) is 0 Å². The van der Waals surface area contributed by atoms with Crippen molar-refractivity contribution < 1.29 is 0 Å². The van der Waals surface area contributed by atoms with Gasteiger partial charge < -0.3 is 5.32 Å². The van der Waals surface area contributed by atoms with E-state index in [0.29, 0.717) is 6.04 Å². The summed E-state index contributed by atoms with van der Waals surface area (Å²) in [5, 5.41) is 3.64. The van der Waals surface area contributed by atoms with Crippen LogP contribution in [-0.4, -0.2) is 6.54 Å². The summed E-state index contributed by atoms with van der Waals surface area (Å²) < 4.78 is 0. The zero-order chi connectivity index (χ0) is 13.5. The summed E-state index contributed by atoms with van der Waals surface area (Å²) in [6, 6.07) is 7.23. The molecule has 1 rings (SSSR count). The third-order valence-corrected chi connectivity index (χ3v) is 3.28. The molecule has 1 aromatic rings. The van der Waals surface area contributed by atoms with Gasteiger partial charge in [-0.25, -0.2) is 0 Å². The minimum absolute atomic E-state index is 0.413. The zero-order valence-electron chi connectivity index (χ0n) is 12.3. The molecule has 0 saturated carbocycles. The fourth-order valence-electron chi connectivity index (χ4n) is 2.27. The summed E-state index contributed by atoms with van der Waals surface area (Å²) in [5.74, 6) is 0. The van der Waals surface area contributed by atoms with E-state index in [-0.39, 0.29) is 0 Å². The molecule has 1 nitrogen and oxygen atoms in total. The molecule has 0 aliphatic heterocycles. The molecular weight excluding hydrogens is 218 g/mol. The quantitative estimate of drug-likeness (QED) is 0.687. The summed E-state index contributed by atoms with van der Waals surface area (Å²) in [7, 11) is 0. The summed E-state index contributed by atoms with van der Waals surface area (Å²) in [5.41, 5.74) is 5.41. The van der Waals surface area contributed by atoms with Crippen molar-refractivity contribution in [3.05, 3.63) is 47.0 Å². The summed E-state index contributed by atoms with van der Waals surface area (Å²) in [4.78, 5) is 0. The van der Waals surface area contributed by atoms with Crippen molar-refractivity contribution in [3.8, 4) is 0 Å². The third kappa shape index (κ3) is 4.66. The fourth-order valence-corrected chi connectivity index (χ4v) is 2.27. The Balaban J connectivity index is 2.89. The zero-order valence-corrected chi connectivity index (χ0v) is 12.3. The molecule has 0 fully saturated rings. The Kier molecular flexibility index (Phi) is 6.14. The first-order valence-electron chi connectivity index (χ1n) is 7.05. The van der Waals surface area contributed by atoms with Gasteiger partial charge in [-0.3, -0.25) is 0 Å². The molecule has 0 aromatic heterocycles. The number of hydrogen-bond acceptors (Lipinski definition) is 1. The van der Waals surface area contributed by atoms with Crippen molar-refractivity contribution in [2.45, 2.75) is 53.0 Å². The molecule has 1 aromatic carbocycles. The lowest BCUT2D eigenvalue weighted by Crippen LogP contribution is -2.22. The van der Waals surface area contributed by atoms with E-state index >= 15 is 0 Å². The number of rotatable bonds is 7. The van der Waals surface area contributed by atoms with Crippen molar-refractivity contribution in [2.75, 3.05) is 6.54 Å². The molecule has 100 valence electrons. The van der Waals surface area contributed by atoms with Crippen LogP contribution in [0.25, 0.3) is 0 Å². The Labute approximate surface area is 112 Å². The highest BCUT2D eigenvalue weighted by Crippen LogP contribution is 2.24. The molecular formula is C17H27N. The predicted molar refractivity (Wildman–Crippen MR) is 81.0 cm³/mol. The molecule has 0 radical (unpaired) electrons. The number of hydrogen-bond donors (Lipinski definition) is 1. The lowest BCUT2D eigenvalue weighted by atomic mass is 9.95. The maximum atomic E-state index is 4.15. The predicted octanol–water partition coefficient (Wildman–Crippen LogP) is 4.70. The van der Waals surface area contributed by atoms with Crippen molar-refractivity contribution in [2.24, 2.45) is 0 Å². The first-order chi connectivity index (χ1) is 8.56. The number of aryl methyl sites for hydroxylation is 2. The van der Waals surface area contributed by atoms with Crippen molar-refractivity contribution in [1.82, 2.24) is 5.32 Å². The Bertz CT molecular complexity index is 372. The molecule has 0 bridgehead atoms. The van der Waals surface area contributed by atoms with Gasteiger partial charge in [0.2, 0.25) is 0 Å².